The third-order valence-electron chi connectivity index (χ3n) is 2.56. The lowest BCUT2D eigenvalue weighted by Crippen LogP contribution is -2.45. The van der Waals surface area contributed by atoms with E-state index in [0.29, 0.717) is 18.7 Å². The molecule has 3 heteroatoms. The molecule has 1 aliphatic rings. The van der Waals surface area contributed by atoms with Crippen LogP contribution >= 0.6 is 0 Å². The van der Waals surface area contributed by atoms with Crippen LogP contribution in [0.1, 0.15) is 19.8 Å². The summed E-state index contributed by atoms with van der Waals surface area (Å²) in [7, 11) is 0. The quantitative estimate of drug-likeness (QED) is 0.661. The Bertz CT molecular complexity index is 207. The molecule has 0 spiro atoms. The van der Waals surface area contributed by atoms with Crippen molar-refractivity contribution in [2.24, 2.45) is 0 Å². The Balaban J connectivity index is 2.21. The van der Waals surface area contributed by atoms with Crippen molar-refractivity contribution >= 4 is 5.78 Å². The van der Waals surface area contributed by atoms with E-state index in [-0.39, 0.29) is 0 Å². The average Bonchev–Trinajstić information content (AvgIpc) is 2.19. The molecule has 0 amide bonds. The summed E-state index contributed by atoms with van der Waals surface area (Å²) in [6.07, 6.45) is 1.47. The Morgan fingerprint density at radius 1 is 1.43 bits per heavy atom. The maximum absolute atomic E-state index is 11.6. The minimum atomic E-state index is 0.304. The second-order valence-electron chi connectivity index (χ2n) is 3.85. The van der Waals surface area contributed by atoms with Crippen molar-refractivity contribution in [3.63, 3.8) is 0 Å². The SMILES string of the molecule is C=C(CC)CC(=O)CN1CCNCC1. The summed E-state index contributed by atoms with van der Waals surface area (Å²) < 4.78 is 0. The highest BCUT2D eigenvalue weighted by atomic mass is 16.1. The number of carbonyl (C=O) groups excluding carboxylic acids is 1. The molecule has 0 aromatic carbocycles. The number of ketones is 1. The Morgan fingerprint density at radius 2 is 2.07 bits per heavy atom. The lowest BCUT2D eigenvalue weighted by molar-refractivity contribution is -0.119. The predicted octanol–water partition coefficient (Wildman–Crippen LogP) is 0.817. The number of rotatable bonds is 5. The zero-order valence-corrected chi connectivity index (χ0v) is 9.01. The lowest BCUT2D eigenvalue weighted by Gasteiger charge is -2.26. The standard InChI is InChI=1S/C11H20N2O/c1-3-10(2)8-11(14)9-13-6-4-12-5-7-13/h12H,2-9H2,1H3. The number of piperazine rings is 1. The van der Waals surface area contributed by atoms with Gasteiger partial charge in [0.05, 0.1) is 6.54 Å². The molecule has 1 aliphatic heterocycles. The Hall–Kier alpha value is -0.670. The molecule has 3 nitrogen and oxygen atoms in total. The molecule has 0 aliphatic carbocycles. The zero-order valence-electron chi connectivity index (χ0n) is 9.01. The van der Waals surface area contributed by atoms with Crippen molar-refractivity contribution in [2.75, 3.05) is 32.7 Å². The molecule has 0 atom stereocenters. The van der Waals surface area contributed by atoms with E-state index in [9.17, 15) is 4.79 Å². The molecular formula is C11H20N2O. The van der Waals surface area contributed by atoms with Gasteiger partial charge in [0, 0.05) is 32.6 Å². The monoisotopic (exact) mass is 196 g/mol. The highest BCUT2D eigenvalue weighted by Gasteiger charge is 2.13. The fraction of sp³-hybridized carbons (Fsp3) is 0.727. The highest BCUT2D eigenvalue weighted by molar-refractivity contribution is 5.82. The van der Waals surface area contributed by atoms with Crippen LogP contribution in [0.4, 0.5) is 0 Å². The molecule has 1 heterocycles. The Kier molecular flexibility index (Phi) is 4.84. The number of Topliss-reactive ketones (excluding diaryl/α,β-unsaturated/α-hetero) is 1. The van der Waals surface area contributed by atoms with Gasteiger partial charge in [-0.3, -0.25) is 9.69 Å². The van der Waals surface area contributed by atoms with Gasteiger partial charge in [0.25, 0.3) is 0 Å². The first-order chi connectivity index (χ1) is 6.72. The van der Waals surface area contributed by atoms with Crippen LogP contribution in [0.15, 0.2) is 12.2 Å². The fourth-order valence-corrected chi connectivity index (χ4v) is 1.58. The second kappa shape index (κ2) is 5.94. The summed E-state index contributed by atoms with van der Waals surface area (Å²) >= 11 is 0. The van der Waals surface area contributed by atoms with Gasteiger partial charge in [0.2, 0.25) is 0 Å². The maximum atomic E-state index is 11.6. The van der Waals surface area contributed by atoms with E-state index in [1.165, 1.54) is 0 Å². The van der Waals surface area contributed by atoms with E-state index in [0.717, 1.165) is 38.2 Å². The van der Waals surface area contributed by atoms with Crippen LogP contribution in [-0.4, -0.2) is 43.4 Å². The first-order valence-corrected chi connectivity index (χ1v) is 5.33. The lowest BCUT2D eigenvalue weighted by atomic mass is 10.1. The topological polar surface area (TPSA) is 32.3 Å². The van der Waals surface area contributed by atoms with E-state index in [1.54, 1.807) is 0 Å². The smallest absolute Gasteiger partial charge is 0.150 e. The van der Waals surface area contributed by atoms with Gasteiger partial charge < -0.3 is 5.32 Å². The Labute approximate surface area is 86.2 Å². The van der Waals surface area contributed by atoms with Crippen LogP contribution in [-0.2, 0) is 4.79 Å². The first-order valence-electron chi connectivity index (χ1n) is 5.33. The number of hydrogen-bond acceptors (Lipinski definition) is 3. The predicted molar refractivity (Wildman–Crippen MR) is 58.4 cm³/mol. The third-order valence-corrected chi connectivity index (χ3v) is 2.56. The van der Waals surface area contributed by atoms with Crippen molar-refractivity contribution in [1.29, 1.82) is 0 Å². The van der Waals surface area contributed by atoms with Crippen molar-refractivity contribution in [2.45, 2.75) is 19.8 Å². The van der Waals surface area contributed by atoms with Gasteiger partial charge in [0.15, 0.2) is 5.78 Å². The van der Waals surface area contributed by atoms with Crippen LogP contribution in [0.2, 0.25) is 0 Å². The molecule has 0 saturated carbocycles. The minimum absolute atomic E-state index is 0.304. The van der Waals surface area contributed by atoms with Gasteiger partial charge in [-0.2, -0.15) is 0 Å². The van der Waals surface area contributed by atoms with Gasteiger partial charge in [-0.25, -0.2) is 0 Å². The van der Waals surface area contributed by atoms with Crippen molar-refractivity contribution in [3.8, 4) is 0 Å². The van der Waals surface area contributed by atoms with Crippen LogP contribution in [0.3, 0.4) is 0 Å². The molecule has 1 N–H and O–H groups in total. The number of hydrogen-bond donors (Lipinski definition) is 1. The number of allylic oxidation sites excluding steroid dienone is 1. The second-order valence-corrected chi connectivity index (χ2v) is 3.85. The van der Waals surface area contributed by atoms with E-state index in [1.807, 2.05) is 6.92 Å². The van der Waals surface area contributed by atoms with Crippen LogP contribution in [0, 0.1) is 0 Å². The minimum Gasteiger partial charge on any atom is -0.314 e. The number of nitrogens with zero attached hydrogens (tertiary/aromatic N) is 1. The molecule has 0 radical (unpaired) electrons. The molecule has 80 valence electrons. The summed E-state index contributed by atoms with van der Waals surface area (Å²) in [6, 6.07) is 0. The highest BCUT2D eigenvalue weighted by Crippen LogP contribution is 2.04. The summed E-state index contributed by atoms with van der Waals surface area (Å²) in [6.45, 7) is 10.5. The number of carbonyl (C=O) groups is 1. The molecule has 14 heavy (non-hydrogen) atoms. The normalized spacial score (nSPS) is 18.1. The van der Waals surface area contributed by atoms with E-state index in [2.05, 4.69) is 16.8 Å². The average molecular weight is 196 g/mol. The molecule has 1 fully saturated rings. The molecule has 1 saturated heterocycles. The van der Waals surface area contributed by atoms with Crippen molar-refractivity contribution in [3.05, 3.63) is 12.2 Å². The summed E-state index contributed by atoms with van der Waals surface area (Å²) in [5.74, 6) is 0.304. The summed E-state index contributed by atoms with van der Waals surface area (Å²) in [4.78, 5) is 13.8. The van der Waals surface area contributed by atoms with Crippen molar-refractivity contribution < 1.29 is 4.79 Å². The van der Waals surface area contributed by atoms with E-state index >= 15 is 0 Å². The molecule has 1 rings (SSSR count). The van der Waals surface area contributed by atoms with Crippen molar-refractivity contribution in [1.82, 2.24) is 10.2 Å². The summed E-state index contributed by atoms with van der Waals surface area (Å²) in [5.41, 5.74) is 1.05. The third kappa shape index (κ3) is 4.03. The Morgan fingerprint density at radius 3 is 2.64 bits per heavy atom. The van der Waals surface area contributed by atoms with Gasteiger partial charge in [0.1, 0.15) is 0 Å². The van der Waals surface area contributed by atoms with E-state index in [4.69, 9.17) is 0 Å². The van der Waals surface area contributed by atoms with Crippen LogP contribution < -0.4 is 5.32 Å². The van der Waals surface area contributed by atoms with Crippen LogP contribution in [0.25, 0.3) is 0 Å². The molecule has 0 aromatic rings. The number of nitrogens with one attached hydrogen (secondary N) is 1. The van der Waals surface area contributed by atoms with Gasteiger partial charge >= 0.3 is 0 Å². The van der Waals surface area contributed by atoms with Crippen LogP contribution in [0.5, 0.6) is 0 Å². The molecular weight excluding hydrogens is 176 g/mol. The molecule has 0 unspecified atom stereocenters. The first kappa shape index (κ1) is 11.4. The van der Waals surface area contributed by atoms with Gasteiger partial charge in [-0.15, -0.1) is 0 Å². The molecule has 0 aromatic heterocycles. The van der Waals surface area contributed by atoms with E-state index < -0.39 is 0 Å². The summed E-state index contributed by atoms with van der Waals surface area (Å²) in [5, 5.41) is 3.27. The van der Waals surface area contributed by atoms with Gasteiger partial charge in [-0.1, -0.05) is 19.1 Å². The largest absolute Gasteiger partial charge is 0.314 e. The maximum Gasteiger partial charge on any atom is 0.150 e. The zero-order chi connectivity index (χ0) is 10.4. The molecule has 0 bridgehead atoms. The van der Waals surface area contributed by atoms with Gasteiger partial charge in [-0.05, 0) is 6.42 Å². The fourth-order valence-electron chi connectivity index (χ4n) is 1.58.